The van der Waals surface area contributed by atoms with Gasteiger partial charge in [0.1, 0.15) is 0 Å². The number of benzene rings is 2. The summed E-state index contributed by atoms with van der Waals surface area (Å²) in [5.74, 6) is -2.24. The minimum absolute atomic E-state index is 0.0234. The van der Waals surface area contributed by atoms with Crippen LogP contribution in [0.1, 0.15) is 23.2 Å². The Hall–Kier alpha value is -2.38. The Bertz CT molecular complexity index is 942. The predicted molar refractivity (Wildman–Crippen MR) is 117 cm³/mol. The van der Waals surface area contributed by atoms with Gasteiger partial charge in [-0.2, -0.15) is 0 Å². The van der Waals surface area contributed by atoms with E-state index in [-0.39, 0.29) is 17.4 Å². The minimum atomic E-state index is -0.953. The van der Waals surface area contributed by atoms with E-state index in [2.05, 4.69) is 21.2 Å². The van der Waals surface area contributed by atoms with Crippen molar-refractivity contribution in [1.82, 2.24) is 0 Å². The summed E-state index contributed by atoms with van der Waals surface area (Å²) in [6, 6.07) is 14.5. The van der Waals surface area contributed by atoms with E-state index >= 15 is 0 Å². The first-order chi connectivity index (χ1) is 13.9. The van der Waals surface area contributed by atoms with Crippen LogP contribution in [-0.2, 0) is 9.59 Å². The van der Waals surface area contributed by atoms with Crippen LogP contribution in [0.15, 0.2) is 70.1 Å². The molecule has 0 aliphatic heterocycles. The molecule has 2 unspecified atom stereocenters. The van der Waals surface area contributed by atoms with E-state index in [9.17, 15) is 19.5 Å². The molecule has 1 amide bonds. The molecule has 5 nitrogen and oxygen atoms in total. The number of carboxylic acids is 1. The lowest BCUT2D eigenvalue weighted by atomic mass is 9.82. The summed E-state index contributed by atoms with van der Waals surface area (Å²) in [5, 5.41) is 12.2. The zero-order valence-corrected chi connectivity index (χ0v) is 17.9. The molecule has 2 aromatic carbocycles. The molecule has 0 saturated heterocycles. The number of carbonyl (C=O) groups is 3. The number of anilines is 1. The van der Waals surface area contributed by atoms with Crippen LogP contribution in [0, 0.1) is 11.8 Å². The Morgan fingerprint density at radius 3 is 2.41 bits per heavy atom. The number of aliphatic carboxylic acids is 1. The number of carboxylic acid groups (broad SMARTS) is 1. The lowest BCUT2D eigenvalue weighted by molar-refractivity contribution is -0.146. The van der Waals surface area contributed by atoms with Gasteiger partial charge in [-0.15, -0.1) is 11.8 Å². The van der Waals surface area contributed by atoms with Crippen molar-refractivity contribution in [3.63, 3.8) is 0 Å². The first-order valence-corrected chi connectivity index (χ1v) is 10.9. The Balaban J connectivity index is 1.61. The van der Waals surface area contributed by atoms with E-state index in [1.807, 2.05) is 30.4 Å². The average Bonchev–Trinajstić information content (AvgIpc) is 2.72. The molecule has 150 valence electrons. The number of carbonyl (C=O) groups excluding carboxylic acids is 2. The molecule has 0 radical (unpaired) electrons. The fourth-order valence-corrected chi connectivity index (χ4v) is 4.26. The van der Waals surface area contributed by atoms with Crippen molar-refractivity contribution in [2.45, 2.75) is 17.7 Å². The summed E-state index contributed by atoms with van der Waals surface area (Å²) < 4.78 is 0.920. The van der Waals surface area contributed by atoms with Crippen LogP contribution >= 0.6 is 27.7 Å². The van der Waals surface area contributed by atoms with E-state index in [0.717, 1.165) is 9.37 Å². The maximum absolute atomic E-state index is 12.6. The third kappa shape index (κ3) is 5.81. The number of hydrogen-bond donors (Lipinski definition) is 2. The second-order valence-corrected chi connectivity index (χ2v) is 8.69. The van der Waals surface area contributed by atoms with Gasteiger partial charge in [0.25, 0.3) is 0 Å². The third-order valence-electron chi connectivity index (χ3n) is 4.72. The lowest BCUT2D eigenvalue weighted by Crippen LogP contribution is -2.34. The molecule has 2 atom stereocenters. The highest BCUT2D eigenvalue weighted by molar-refractivity contribution is 9.10. The average molecular weight is 474 g/mol. The van der Waals surface area contributed by atoms with Crippen LogP contribution in [-0.4, -0.2) is 28.5 Å². The van der Waals surface area contributed by atoms with E-state index in [1.54, 1.807) is 30.3 Å². The van der Waals surface area contributed by atoms with Gasteiger partial charge >= 0.3 is 5.97 Å². The van der Waals surface area contributed by atoms with Crippen molar-refractivity contribution in [2.24, 2.45) is 11.8 Å². The molecular formula is C22H20BrNO4S. The van der Waals surface area contributed by atoms with Crippen LogP contribution in [0.3, 0.4) is 0 Å². The quantitative estimate of drug-likeness (QED) is 0.334. The van der Waals surface area contributed by atoms with Gasteiger partial charge in [-0.25, -0.2) is 0 Å². The highest BCUT2D eigenvalue weighted by atomic mass is 79.9. The van der Waals surface area contributed by atoms with E-state index in [0.29, 0.717) is 24.1 Å². The van der Waals surface area contributed by atoms with E-state index in [4.69, 9.17) is 0 Å². The number of hydrogen-bond acceptors (Lipinski definition) is 4. The Kier molecular flexibility index (Phi) is 7.28. The Morgan fingerprint density at radius 1 is 1.03 bits per heavy atom. The topological polar surface area (TPSA) is 83.5 Å². The van der Waals surface area contributed by atoms with Gasteiger partial charge in [-0.05, 0) is 43.2 Å². The highest BCUT2D eigenvalue weighted by Gasteiger charge is 2.33. The Labute approximate surface area is 181 Å². The molecule has 0 heterocycles. The van der Waals surface area contributed by atoms with Crippen LogP contribution in [0.4, 0.5) is 5.69 Å². The summed E-state index contributed by atoms with van der Waals surface area (Å²) in [6.07, 6.45) is 4.44. The predicted octanol–water partition coefficient (Wildman–Crippen LogP) is 5.03. The van der Waals surface area contributed by atoms with Gasteiger partial charge in [-0.3, -0.25) is 14.4 Å². The van der Waals surface area contributed by atoms with Gasteiger partial charge in [0.05, 0.1) is 17.6 Å². The van der Waals surface area contributed by atoms with Crippen molar-refractivity contribution in [3.8, 4) is 0 Å². The number of Topliss-reactive ketones (excluding diaryl/α,β-unsaturated/α-hetero) is 1. The fraction of sp³-hybridized carbons (Fsp3) is 0.227. The zero-order chi connectivity index (χ0) is 20.8. The smallest absolute Gasteiger partial charge is 0.307 e. The number of thioether (sulfide) groups is 1. The molecule has 3 rings (SSSR count). The van der Waals surface area contributed by atoms with Crippen LogP contribution in [0.25, 0.3) is 0 Å². The molecule has 1 aliphatic carbocycles. The molecule has 0 bridgehead atoms. The summed E-state index contributed by atoms with van der Waals surface area (Å²) in [6.45, 7) is 0. The Morgan fingerprint density at radius 2 is 1.72 bits per heavy atom. The normalized spacial score (nSPS) is 18.2. The first-order valence-electron chi connectivity index (χ1n) is 9.14. The number of rotatable bonds is 7. The third-order valence-corrected chi connectivity index (χ3v) is 6.25. The van der Waals surface area contributed by atoms with Crippen molar-refractivity contribution in [3.05, 3.63) is 70.7 Å². The van der Waals surface area contributed by atoms with Crippen LogP contribution in [0.2, 0.25) is 0 Å². The van der Waals surface area contributed by atoms with Gasteiger partial charge < -0.3 is 10.4 Å². The fourth-order valence-electron chi connectivity index (χ4n) is 3.14. The molecule has 29 heavy (non-hydrogen) atoms. The largest absolute Gasteiger partial charge is 0.481 e. The van der Waals surface area contributed by atoms with Gasteiger partial charge in [0.2, 0.25) is 5.91 Å². The van der Waals surface area contributed by atoms with Crippen LogP contribution in [0.5, 0.6) is 0 Å². The molecule has 1 aliphatic rings. The first kappa shape index (κ1) is 21.3. The van der Waals surface area contributed by atoms with Crippen LogP contribution < -0.4 is 5.32 Å². The maximum atomic E-state index is 12.6. The van der Waals surface area contributed by atoms with Crippen molar-refractivity contribution in [1.29, 1.82) is 0 Å². The minimum Gasteiger partial charge on any atom is -0.481 e. The van der Waals surface area contributed by atoms with E-state index in [1.165, 1.54) is 11.8 Å². The summed E-state index contributed by atoms with van der Waals surface area (Å²) >= 11 is 4.74. The number of nitrogens with one attached hydrogen (secondary N) is 1. The molecule has 0 saturated carbocycles. The number of amides is 1. The SMILES string of the molecule is O=C(CSc1cccc(NC(=O)C2CC=CCC2C(=O)O)c1)c1ccc(Br)cc1. The number of allylic oxidation sites excluding steroid dienone is 2. The van der Waals surface area contributed by atoms with Gasteiger partial charge in [0.15, 0.2) is 5.78 Å². The van der Waals surface area contributed by atoms with Crippen molar-refractivity contribution in [2.75, 3.05) is 11.1 Å². The molecule has 2 aromatic rings. The monoisotopic (exact) mass is 473 g/mol. The number of halogens is 1. The summed E-state index contributed by atoms with van der Waals surface area (Å²) in [4.78, 5) is 37.2. The molecule has 0 fully saturated rings. The molecule has 0 aromatic heterocycles. The van der Waals surface area contributed by atoms with Gasteiger partial charge in [-0.1, -0.05) is 46.3 Å². The molecule has 0 spiro atoms. The standard InChI is InChI=1S/C22H20BrNO4S/c23-15-10-8-14(9-11-15)20(25)13-29-17-5-3-4-16(12-17)24-21(26)18-6-1-2-7-19(18)22(27)28/h1-5,8-12,18-19H,6-7,13H2,(H,24,26)(H,27,28). The second-order valence-electron chi connectivity index (χ2n) is 6.73. The molecule has 2 N–H and O–H groups in total. The second kappa shape index (κ2) is 9.89. The van der Waals surface area contributed by atoms with Crippen molar-refractivity contribution >= 4 is 51.0 Å². The summed E-state index contributed by atoms with van der Waals surface area (Å²) in [5.41, 5.74) is 1.24. The van der Waals surface area contributed by atoms with Gasteiger partial charge in [0, 0.05) is 20.6 Å². The molecule has 7 heteroatoms. The van der Waals surface area contributed by atoms with Crippen molar-refractivity contribution < 1.29 is 19.5 Å². The number of ketones is 1. The van der Waals surface area contributed by atoms with E-state index < -0.39 is 17.8 Å². The summed E-state index contributed by atoms with van der Waals surface area (Å²) in [7, 11) is 0. The maximum Gasteiger partial charge on any atom is 0.307 e. The lowest BCUT2D eigenvalue weighted by Gasteiger charge is -2.24. The molecular weight excluding hydrogens is 454 g/mol. The highest BCUT2D eigenvalue weighted by Crippen LogP contribution is 2.28. The zero-order valence-electron chi connectivity index (χ0n) is 15.5.